The van der Waals surface area contributed by atoms with Crippen LogP contribution in [0.4, 0.5) is 0 Å². The fourth-order valence-corrected chi connectivity index (χ4v) is 6.09. The standard InChI is InChI=1S/C17H30N2O2S2/c1-13(2)17(21)18-14-6-5-10-19(12-14)16(20)8-4-3-7-15-9-11-22-23-15/h13-15H,3-12H2,1-2H3,(H,18,21). The summed E-state index contributed by atoms with van der Waals surface area (Å²) in [5.41, 5.74) is 0. The summed E-state index contributed by atoms with van der Waals surface area (Å²) in [6.07, 6.45) is 7.37. The van der Waals surface area contributed by atoms with Gasteiger partial charge >= 0.3 is 0 Å². The first-order valence-electron chi connectivity index (χ1n) is 8.92. The van der Waals surface area contributed by atoms with Crippen LogP contribution in [0.25, 0.3) is 0 Å². The van der Waals surface area contributed by atoms with Gasteiger partial charge in [0, 0.05) is 42.5 Å². The third-order valence-electron chi connectivity index (χ3n) is 4.54. The number of unbranched alkanes of at least 4 members (excludes halogenated alkanes) is 1. The molecule has 6 heteroatoms. The molecule has 4 nitrogen and oxygen atoms in total. The first-order chi connectivity index (χ1) is 11.1. The van der Waals surface area contributed by atoms with E-state index in [1.807, 2.05) is 40.3 Å². The average molecular weight is 359 g/mol. The summed E-state index contributed by atoms with van der Waals surface area (Å²) in [6, 6.07) is 0.134. The molecular weight excluding hydrogens is 328 g/mol. The van der Waals surface area contributed by atoms with Crippen molar-refractivity contribution in [3.8, 4) is 0 Å². The summed E-state index contributed by atoms with van der Waals surface area (Å²) in [7, 11) is 4.00. The molecule has 2 atom stereocenters. The molecule has 0 spiro atoms. The fraction of sp³-hybridized carbons (Fsp3) is 0.882. The Morgan fingerprint density at radius 1 is 1.26 bits per heavy atom. The van der Waals surface area contributed by atoms with Crippen LogP contribution in [0.3, 0.4) is 0 Å². The molecular formula is C17H30N2O2S2. The molecule has 2 aliphatic heterocycles. The average Bonchev–Trinajstić information content (AvgIpc) is 3.05. The van der Waals surface area contributed by atoms with Crippen molar-refractivity contribution in [1.29, 1.82) is 0 Å². The van der Waals surface area contributed by atoms with Crippen molar-refractivity contribution in [1.82, 2.24) is 10.2 Å². The van der Waals surface area contributed by atoms with Crippen LogP contribution in [0.2, 0.25) is 0 Å². The predicted molar refractivity (Wildman–Crippen MR) is 99.5 cm³/mol. The summed E-state index contributed by atoms with van der Waals surface area (Å²) < 4.78 is 0. The van der Waals surface area contributed by atoms with Gasteiger partial charge in [-0.15, -0.1) is 0 Å². The van der Waals surface area contributed by atoms with Crippen LogP contribution >= 0.6 is 21.6 Å². The van der Waals surface area contributed by atoms with Crippen molar-refractivity contribution in [2.75, 3.05) is 18.8 Å². The summed E-state index contributed by atoms with van der Waals surface area (Å²) in [5.74, 6) is 1.65. The molecule has 2 fully saturated rings. The number of likely N-dealkylation sites (tertiary alicyclic amines) is 1. The van der Waals surface area contributed by atoms with Crippen LogP contribution < -0.4 is 5.32 Å². The number of hydrogen-bond donors (Lipinski definition) is 1. The van der Waals surface area contributed by atoms with E-state index >= 15 is 0 Å². The number of carbonyl (C=O) groups is 2. The molecule has 0 aromatic heterocycles. The Bertz CT molecular complexity index is 398. The number of amides is 2. The first-order valence-corrected chi connectivity index (χ1v) is 11.3. The van der Waals surface area contributed by atoms with Gasteiger partial charge in [-0.2, -0.15) is 0 Å². The van der Waals surface area contributed by atoms with Gasteiger partial charge in [-0.25, -0.2) is 0 Å². The highest BCUT2D eigenvalue weighted by Gasteiger charge is 2.25. The minimum absolute atomic E-state index is 0.00713. The van der Waals surface area contributed by atoms with Crippen LogP contribution in [-0.2, 0) is 9.59 Å². The summed E-state index contributed by atoms with van der Waals surface area (Å²) in [4.78, 5) is 26.1. The zero-order chi connectivity index (χ0) is 16.7. The molecule has 1 N–H and O–H groups in total. The zero-order valence-electron chi connectivity index (χ0n) is 14.4. The Morgan fingerprint density at radius 2 is 2.09 bits per heavy atom. The van der Waals surface area contributed by atoms with Gasteiger partial charge in [0.2, 0.25) is 11.8 Å². The minimum atomic E-state index is 0.00713. The fourth-order valence-electron chi connectivity index (χ4n) is 3.06. The van der Waals surface area contributed by atoms with Crippen LogP contribution in [0.15, 0.2) is 0 Å². The SMILES string of the molecule is CC(C)C(=O)NC1CCCN(C(=O)CCCCC2CCSS2)C1. The Hall–Kier alpha value is -0.360. The van der Waals surface area contributed by atoms with Gasteiger partial charge in [0.15, 0.2) is 0 Å². The first kappa shape index (κ1) is 19.0. The quantitative estimate of drug-likeness (QED) is 0.559. The summed E-state index contributed by atoms with van der Waals surface area (Å²) in [5, 5.41) is 3.88. The van der Waals surface area contributed by atoms with Crippen molar-refractivity contribution in [3.63, 3.8) is 0 Å². The van der Waals surface area contributed by atoms with Gasteiger partial charge in [-0.3, -0.25) is 9.59 Å². The zero-order valence-corrected chi connectivity index (χ0v) is 16.0. The highest BCUT2D eigenvalue weighted by molar-refractivity contribution is 8.77. The lowest BCUT2D eigenvalue weighted by atomic mass is 10.0. The monoisotopic (exact) mass is 358 g/mol. The molecule has 132 valence electrons. The Kier molecular flexibility index (Phi) is 8.10. The van der Waals surface area contributed by atoms with Gasteiger partial charge in [-0.1, -0.05) is 41.9 Å². The maximum absolute atomic E-state index is 12.4. The van der Waals surface area contributed by atoms with E-state index in [1.165, 1.54) is 18.6 Å². The second-order valence-corrected chi connectivity index (χ2v) is 9.70. The van der Waals surface area contributed by atoms with Gasteiger partial charge in [0.1, 0.15) is 0 Å². The molecule has 2 amide bonds. The molecule has 0 bridgehead atoms. The van der Waals surface area contributed by atoms with Crippen molar-refractivity contribution >= 4 is 33.4 Å². The Labute approximate surface area is 148 Å². The number of carbonyl (C=O) groups excluding carboxylic acids is 2. The molecule has 0 aromatic carbocycles. The van der Waals surface area contributed by atoms with Gasteiger partial charge in [0.05, 0.1) is 0 Å². The van der Waals surface area contributed by atoms with Crippen LogP contribution in [-0.4, -0.2) is 46.8 Å². The Morgan fingerprint density at radius 3 is 2.78 bits per heavy atom. The van der Waals surface area contributed by atoms with E-state index in [4.69, 9.17) is 0 Å². The second-order valence-electron chi connectivity index (χ2n) is 6.92. The summed E-state index contributed by atoms with van der Waals surface area (Å²) >= 11 is 0. The molecule has 23 heavy (non-hydrogen) atoms. The normalized spacial score (nSPS) is 24.9. The number of nitrogens with zero attached hydrogens (tertiary/aromatic N) is 1. The summed E-state index contributed by atoms with van der Waals surface area (Å²) in [6.45, 7) is 5.35. The lowest BCUT2D eigenvalue weighted by molar-refractivity contribution is -0.134. The predicted octanol–water partition coefficient (Wildman–Crippen LogP) is 3.46. The minimum Gasteiger partial charge on any atom is -0.351 e. The van der Waals surface area contributed by atoms with Crippen molar-refractivity contribution in [2.24, 2.45) is 5.92 Å². The third-order valence-corrected chi connectivity index (χ3v) is 7.55. The topological polar surface area (TPSA) is 49.4 Å². The van der Waals surface area contributed by atoms with Gasteiger partial charge in [-0.05, 0) is 32.1 Å². The number of hydrogen-bond acceptors (Lipinski definition) is 4. The van der Waals surface area contributed by atoms with Crippen LogP contribution in [0.5, 0.6) is 0 Å². The van der Waals surface area contributed by atoms with Crippen LogP contribution in [0, 0.1) is 5.92 Å². The molecule has 2 unspecified atom stereocenters. The maximum atomic E-state index is 12.4. The van der Waals surface area contributed by atoms with E-state index in [9.17, 15) is 9.59 Å². The largest absolute Gasteiger partial charge is 0.351 e. The van der Waals surface area contributed by atoms with Gasteiger partial charge < -0.3 is 10.2 Å². The van der Waals surface area contributed by atoms with E-state index in [-0.39, 0.29) is 23.8 Å². The lowest BCUT2D eigenvalue weighted by Gasteiger charge is -2.33. The highest BCUT2D eigenvalue weighted by atomic mass is 33.1. The number of rotatable bonds is 7. The van der Waals surface area contributed by atoms with Crippen molar-refractivity contribution in [3.05, 3.63) is 0 Å². The smallest absolute Gasteiger partial charge is 0.222 e. The number of piperidine rings is 1. The second kappa shape index (κ2) is 9.82. The molecule has 0 aliphatic carbocycles. The molecule has 2 heterocycles. The lowest BCUT2D eigenvalue weighted by Crippen LogP contribution is -2.50. The van der Waals surface area contributed by atoms with E-state index in [2.05, 4.69) is 5.32 Å². The molecule has 0 radical (unpaired) electrons. The molecule has 2 aliphatic rings. The highest BCUT2D eigenvalue weighted by Crippen LogP contribution is 2.39. The van der Waals surface area contributed by atoms with Crippen molar-refractivity contribution in [2.45, 2.75) is 70.1 Å². The van der Waals surface area contributed by atoms with E-state index in [1.54, 1.807) is 0 Å². The Balaban J connectivity index is 1.64. The van der Waals surface area contributed by atoms with E-state index < -0.39 is 0 Å². The van der Waals surface area contributed by atoms with Crippen molar-refractivity contribution < 1.29 is 9.59 Å². The van der Waals surface area contributed by atoms with E-state index in [0.29, 0.717) is 13.0 Å². The van der Waals surface area contributed by atoms with E-state index in [0.717, 1.165) is 37.5 Å². The van der Waals surface area contributed by atoms with Crippen LogP contribution in [0.1, 0.15) is 58.8 Å². The van der Waals surface area contributed by atoms with Gasteiger partial charge in [0.25, 0.3) is 0 Å². The molecule has 0 aromatic rings. The molecule has 2 saturated heterocycles. The maximum Gasteiger partial charge on any atom is 0.222 e. The molecule has 0 saturated carbocycles. The molecule has 2 rings (SSSR count). The number of nitrogens with one attached hydrogen (secondary N) is 1. The third kappa shape index (κ3) is 6.57.